The van der Waals surface area contributed by atoms with E-state index < -0.39 is 0 Å². The maximum atomic E-state index is 5.82. The van der Waals surface area contributed by atoms with Gasteiger partial charge < -0.3 is 24.8 Å². The highest BCUT2D eigenvalue weighted by Crippen LogP contribution is 2.29. The Kier molecular flexibility index (Phi) is 8.14. The van der Waals surface area contributed by atoms with Gasteiger partial charge in [-0.05, 0) is 37.1 Å². The lowest BCUT2D eigenvalue weighted by atomic mass is 10.1. The first-order valence-electron chi connectivity index (χ1n) is 10.7. The molecule has 2 aromatic rings. The summed E-state index contributed by atoms with van der Waals surface area (Å²) in [6.45, 7) is 7.87. The molecule has 0 aliphatic carbocycles. The molecule has 2 atom stereocenters. The molecule has 3 rings (SSSR count). The molecule has 7 heteroatoms. The van der Waals surface area contributed by atoms with Crippen molar-refractivity contribution in [1.29, 1.82) is 0 Å². The summed E-state index contributed by atoms with van der Waals surface area (Å²) in [7, 11) is 5.00. The SMILES string of the molecule is CN=C(NCc1ccc(CN2CC(C)OC(C)C2)cc1)Nc1ccc(OC)c(OC)c1. The molecule has 1 saturated heterocycles. The zero-order valence-corrected chi connectivity index (χ0v) is 19.1. The molecule has 0 spiro atoms. The van der Waals surface area contributed by atoms with Crippen molar-refractivity contribution < 1.29 is 14.2 Å². The normalized spacial score (nSPS) is 19.7. The third kappa shape index (κ3) is 6.60. The number of nitrogens with zero attached hydrogens (tertiary/aromatic N) is 2. The molecule has 0 saturated carbocycles. The van der Waals surface area contributed by atoms with Crippen molar-refractivity contribution in [3.8, 4) is 11.5 Å². The van der Waals surface area contributed by atoms with Gasteiger partial charge in [0.2, 0.25) is 0 Å². The summed E-state index contributed by atoms with van der Waals surface area (Å²) in [5.74, 6) is 2.05. The van der Waals surface area contributed by atoms with Gasteiger partial charge in [-0.2, -0.15) is 0 Å². The molecule has 0 bridgehead atoms. The topological polar surface area (TPSA) is 67.4 Å². The highest BCUT2D eigenvalue weighted by atomic mass is 16.5. The summed E-state index contributed by atoms with van der Waals surface area (Å²) in [5, 5.41) is 6.64. The van der Waals surface area contributed by atoms with Crippen LogP contribution in [0.15, 0.2) is 47.5 Å². The molecule has 168 valence electrons. The number of ether oxygens (including phenoxy) is 3. The van der Waals surface area contributed by atoms with E-state index in [1.807, 2.05) is 18.2 Å². The van der Waals surface area contributed by atoms with Crippen LogP contribution >= 0.6 is 0 Å². The Bertz CT molecular complexity index is 860. The number of benzene rings is 2. The van der Waals surface area contributed by atoms with Crippen LogP contribution in [0.5, 0.6) is 11.5 Å². The average molecular weight is 427 g/mol. The molecule has 2 N–H and O–H groups in total. The lowest BCUT2D eigenvalue weighted by molar-refractivity contribution is -0.0704. The van der Waals surface area contributed by atoms with E-state index in [0.29, 0.717) is 24.0 Å². The van der Waals surface area contributed by atoms with Crippen LogP contribution in [-0.4, -0.2) is 57.4 Å². The third-order valence-electron chi connectivity index (χ3n) is 5.25. The van der Waals surface area contributed by atoms with Gasteiger partial charge in [-0.1, -0.05) is 24.3 Å². The standard InChI is InChI=1S/C24H34N4O3/c1-17-14-28(15-18(2)31-17)16-20-8-6-19(7-9-20)13-26-24(25-3)27-21-10-11-22(29-4)23(12-21)30-5/h6-12,17-18H,13-16H2,1-5H3,(H2,25,26,27). The van der Waals surface area contributed by atoms with Crippen molar-refractivity contribution in [3.63, 3.8) is 0 Å². The van der Waals surface area contributed by atoms with E-state index in [1.54, 1.807) is 21.3 Å². The van der Waals surface area contributed by atoms with Crippen LogP contribution in [0, 0.1) is 0 Å². The van der Waals surface area contributed by atoms with Gasteiger partial charge in [-0.15, -0.1) is 0 Å². The second-order valence-corrected chi connectivity index (χ2v) is 7.89. The number of anilines is 1. The van der Waals surface area contributed by atoms with Gasteiger partial charge in [0.1, 0.15) is 0 Å². The molecule has 1 heterocycles. The number of methoxy groups -OCH3 is 2. The molecule has 1 aliphatic rings. The molecule has 0 amide bonds. The number of nitrogens with one attached hydrogen (secondary N) is 2. The fourth-order valence-corrected chi connectivity index (χ4v) is 3.85. The first kappa shape index (κ1) is 22.9. The summed E-state index contributed by atoms with van der Waals surface area (Å²) >= 11 is 0. The van der Waals surface area contributed by atoms with Gasteiger partial charge in [-0.25, -0.2) is 0 Å². The molecule has 1 aliphatic heterocycles. The molecule has 0 radical (unpaired) electrons. The average Bonchev–Trinajstić information content (AvgIpc) is 2.76. The van der Waals surface area contributed by atoms with Crippen LogP contribution in [0.2, 0.25) is 0 Å². The fourth-order valence-electron chi connectivity index (χ4n) is 3.85. The van der Waals surface area contributed by atoms with Gasteiger partial charge in [0.15, 0.2) is 17.5 Å². The number of guanidine groups is 1. The molecule has 2 unspecified atom stereocenters. The monoisotopic (exact) mass is 426 g/mol. The van der Waals surface area contributed by atoms with Gasteiger partial charge in [0, 0.05) is 45.0 Å². The number of aliphatic imine (C=N–C) groups is 1. The van der Waals surface area contributed by atoms with E-state index in [9.17, 15) is 0 Å². The van der Waals surface area contributed by atoms with Crippen LogP contribution in [0.25, 0.3) is 0 Å². The Morgan fingerprint density at radius 2 is 1.65 bits per heavy atom. The van der Waals surface area contributed by atoms with E-state index in [4.69, 9.17) is 14.2 Å². The third-order valence-corrected chi connectivity index (χ3v) is 5.25. The molecular formula is C24H34N4O3. The second kappa shape index (κ2) is 11.0. The fraction of sp³-hybridized carbons (Fsp3) is 0.458. The minimum atomic E-state index is 0.289. The number of morpholine rings is 1. The van der Waals surface area contributed by atoms with E-state index in [2.05, 4.69) is 58.6 Å². The Hall–Kier alpha value is -2.77. The first-order chi connectivity index (χ1) is 15.0. The highest BCUT2D eigenvalue weighted by molar-refractivity contribution is 5.93. The first-order valence-corrected chi connectivity index (χ1v) is 10.7. The zero-order valence-electron chi connectivity index (χ0n) is 19.1. The summed E-state index contributed by atoms with van der Waals surface area (Å²) in [4.78, 5) is 6.77. The number of hydrogen-bond donors (Lipinski definition) is 2. The predicted octanol–water partition coefficient (Wildman–Crippen LogP) is 3.50. The number of rotatable bonds is 7. The maximum absolute atomic E-state index is 5.82. The van der Waals surface area contributed by atoms with Crippen LogP contribution in [-0.2, 0) is 17.8 Å². The van der Waals surface area contributed by atoms with Crippen LogP contribution in [0.4, 0.5) is 5.69 Å². The van der Waals surface area contributed by atoms with Crippen LogP contribution in [0.1, 0.15) is 25.0 Å². The van der Waals surface area contributed by atoms with Gasteiger partial charge in [0.25, 0.3) is 0 Å². The minimum absolute atomic E-state index is 0.289. The summed E-state index contributed by atoms with van der Waals surface area (Å²) in [6.07, 6.45) is 0.578. The molecule has 2 aromatic carbocycles. The van der Waals surface area contributed by atoms with E-state index in [1.165, 1.54) is 11.1 Å². The second-order valence-electron chi connectivity index (χ2n) is 7.89. The Balaban J connectivity index is 1.53. The summed E-state index contributed by atoms with van der Waals surface area (Å²) in [5.41, 5.74) is 3.38. The van der Waals surface area contributed by atoms with Crippen LogP contribution in [0.3, 0.4) is 0 Å². The predicted molar refractivity (Wildman–Crippen MR) is 125 cm³/mol. The highest BCUT2D eigenvalue weighted by Gasteiger charge is 2.21. The molecule has 31 heavy (non-hydrogen) atoms. The molecule has 0 aromatic heterocycles. The van der Waals surface area contributed by atoms with Gasteiger partial charge in [-0.3, -0.25) is 9.89 Å². The summed E-state index contributed by atoms with van der Waals surface area (Å²) in [6, 6.07) is 14.4. The minimum Gasteiger partial charge on any atom is -0.493 e. The van der Waals surface area contributed by atoms with Gasteiger partial charge in [0.05, 0.1) is 26.4 Å². The lowest BCUT2D eigenvalue weighted by Gasteiger charge is -2.35. The molecular weight excluding hydrogens is 392 g/mol. The smallest absolute Gasteiger partial charge is 0.195 e. The van der Waals surface area contributed by atoms with Crippen LogP contribution < -0.4 is 20.1 Å². The van der Waals surface area contributed by atoms with E-state index in [-0.39, 0.29) is 12.2 Å². The largest absolute Gasteiger partial charge is 0.493 e. The Morgan fingerprint density at radius 1 is 1.00 bits per heavy atom. The van der Waals surface area contributed by atoms with Crippen molar-refractivity contribution in [2.24, 2.45) is 4.99 Å². The van der Waals surface area contributed by atoms with Gasteiger partial charge >= 0.3 is 0 Å². The Morgan fingerprint density at radius 3 is 2.26 bits per heavy atom. The van der Waals surface area contributed by atoms with Crippen molar-refractivity contribution in [3.05, 3.63) is 53.6 Å². The lowest BCUT2D eigenvalue weighted by Crippen LogP contribution is -2.44. The number of hydrogen-bond acceptors (Lipinski definition) is 5. The quantitative estimate of drug-likeness (QED) is 0.522. The van der Waals surface area contributed by atoms with Crippen molar-refractivity contribution in [2.45, 2.75) is 39.1 Å². The van der Waals surface area contributed by atoms with E-state index in [0.717, 1.165) is 25.3 Å². The molecule has 7 nitrogen and oxygen atoms in total. The summed E-state index contributed by atoms with van der Waals surface area (Å²) < 4.78 is 16.5. The molecule has 1 fully saturated rings. The van der Waals surface area contributed by atoms with Crippen molar-refractivity contribution in [2.75, 3.05) is 39.7 Å². The Labute approximate surface area is 185 Å². The van der Waals surface area contributed by atoms with Crippen molar-refractivity contribution in [1.82, 2.24) is 10.2 Å². The maximum Gasteiger partial charge on any atom is 0.195 e. The van der Waals surface area contributed by atoms with E-state index >= 15 is 0 Å². The zero-order chi connectivity index (χ0) is 22.2. The van der Waals surface area contributed by atoms with Crippen molar-refractivity contribution >= 4 is 11.6 Å².